The van der Waals surface area contributed by atoms with E-state index in [1.54, 1.807) is 0 Å². The highest BCUT2D eigenvalue weighted by atomic mass is 16.1. The van der Waals surface area contributed by atoms with Crippen molar-refractivity contribution in [3.8, 4) is 0 Å². The Labute approximate surface area is 122 Å². The smallest absolute Gasteiger partial charge is 0.248 e. The molecule has 0 saturated heterocycles. The summed E-state index contributed by atoms with van der Waals surface area (Å²) in [6.07, 6.45) is 5.98. The zero-order valence-electron chi connectivity index (χ0n) is 11.8. The van der Waals surface area contributed by atoms with Gasteiger partial charge in [-0.3, -0.25) is 14.4 Å². The van der Waals surface area contributed by atoms with E-state index >= 15 is 0 Å². The van der Waals surface area contributed by atoms with Crippen LogP contribution in [0.3, 0.4) is 0 Å². The second kappa shape index (κ2) is 4.52. The molecule has 4 rings (SSSR count). The molecule has 1 heterocycles. The Kier molecular flexibility index (Phi) is 2.74. The van der Waals surface area contributed by atoms with Crippen LogP contribution in [0.4, 0.5) is 0 Å². The number of nitrogens with one attached hydrogen (secondary N) is 1. The summed E-state index contributed by atoms with van der Waals surface area (Å²) in [5.74, 6) is -0.500. The van der Waals surface area contributed by atoms with Crippen LogP contribution in [0.5, 0.6) is 0 Å². The number of hydrogen-bond donors (Lipinski definition) is 1. The Morgan fingerprint density at radius 3 is 2.14 bits per heavy atom. The van der Waals surface area contributed by atoms with E-state index in [-0.39, 0.29) is 34.7 Å². The van der Waals surface area contributed by atoms with Gasteiger partial charge < -0.3 is 4.98 Å². The minimum absolute atomic E-state index is 0.0305. The fourth-order valence-electron chi connectivity index (χ4n) is 4.15. The highest BCUT2D eigenvalue weighted by Crippen LogP contribution is 2.45. The van der Waals surface area contributed by atoms with Crippen LogP contribution in [0, 0.1) is 11.8 Å². The van der Waals surface area contributed by atoms with Gasteiger partial charge in [-0.1, -0.05) is 11.1 Å². The van der Waals surface area contributed by atoms with Gasteiger partial charge in [0.25, 0.3) is 0 Å². The number of aromatic amines is 1. The lowest BCUT2D eigenvalue weighted by atomic mass is 9.65. The summed E-state index contributed by atoms with van der Waals surface area (Å²) in [6.45, 7) is 0. The van der Waals surface area contributed by atoms with Crippen molar-refractivity contribution in [3.05, 3.63) is 44.9 Å². The molecule has 0 aromatic carbocycles. The van der Waals surface area contributed by atoms with Crippen LogP contribution in [0.1, 0.15) is 59.4 Å². The first-order chi connectivity index (χ1) is 10.1. The first kappa shape index (κ1) is 12.7. The molecule has 3 aliphatic carbocycles. The molecule has 0 saturated carbocycles. The summed E-state index contributed by atoms with van der Waals surface area (Å²) < 4.78 is 0. The normalized spacial score (nSPS) is 28.0. The third-order valence-corrected chi connectivity index (χ3v) is 5.23. The molecule has 2 atom stereocenters. The molecule has 0 aliphatic heterocycles. The molecule has 0 amide bonds. The first-order valence-corrected chi connectivity index (χ1v) is 7.66. The standard InChI is InChI=1S/C17H17NO3/c19-14-6-5-11-15(18-14)17(21)13-8-10-4-2-1-3-9(10)7-12(13)16(11)20/h5-6,12-13H,1-4,7-8H2,(H,18,19)/t12-,13-/m1/s1. The quantitative estimate of drug-likeness (QED) is 0.744. The van der Waals surface area contributed by atoms with Crippen molar-refractivity contribution in [2.75, 3.05) is 0 Å². The largest absolute Gasteiger partial charge is 0.319 e. The number of aromatic nitrogens is 1. The van der Waals surface area contributed by atoms with Gasteiger partial charge in [-0.05, 0) is 44.6 Å². The molecule has 0 fully saturated rings. The van der Waals surface area contributed by atoms with E-state index in [2.05, 4.69) is 4.98 Å². The van der Waals surface area contributed by atoms with Crippen molar-refractivity contribution in [2.24, 2.45) is 11.8 Å². The summed E-state index contributed by atoms with van der Waals surface area (Å²) in [5.41, 5.74) is 3.12. The number of hydrogen-bond acceptors (Lipinski definition) is 3. The molecule has 1 N–H and O–H groups in total. The summed E-state index contributed by atoms with van der Waals surface area (Å²) in [6, 6.07) is 2.84. The van der Waals surface area contributed by atoms with Crippen LogP contribution in [-0.2, 0) is 0 Å². The topological polar surface area (TPSA) is 67.0 Å². The Hall–Kier alpha value is -1.97. The Balaban J connectivity index is 1.80. The maximum absolute atomic E-state index is 12.7. The third-order valence-electron chi connectivity index (χ3n) is 5.23. The van der Waals surface area contributed by atoms with Crippen LogP contribution in [0.25, 0.3) is 0 Å². The lowest BCUT2D eigenvalue weighted by Crippen LogP contribution is -2.41. The van der Waals surface area contributed by atoms with Crippen molar-refractivity contribution < 1.29 is 9.59 Å². The van der Waals surface area contributed by atoms with Crippen molar-refractivity contribution in [1.29, 1.82) is 0 Å². The zero-order valence-corrected chi connectivity index (χ0v) is 11.8. The van der Waals surface area contributed by atoms with Gasteiger partial charge in [-0.25, -0.2) is 0 Å². The number of rotatable bonds is 0. The third kappa shape index (κ3) is 1.85. The summed E-state index contributed by atoms with van der Waals surface area (Å²) in [5, 5.41) is 0. The molecule has 4 heteroatoms. The number of carbonyl (C=O) groups is 2. The van der Waals surface area contributed by atoms with E-state index in [1.807, 2.05) is 0 Å². The van der Waals surface area contributed by atoms with E-state index in [0.717, 1.165) is 19.3 Å². The minimum atomic E-state index is -0.318. The van der Waals surface area contributed by atoms with Crippen LogP contribution in [0.15, 0.2) is 28.1 Å². The second-order valence-corrected chi connectivity index (χ2v) is 6.38. The van der Waals surface area contributed by atoms with Crippen molar-refractivity contribution in [3.63, 3.8) is 0 Å². The van der Waals surface area contributed by atoms with E-state index in [0.29, 0.717) is 12.0 Å². The molecule has 108 valence electrons. The minimum Gasteiger partial charge on any atom is -0.319 e. The van der Waals surface area contributed by atoms with Crippen molar-refractivity contribution in [1.82, 2.24) is 4.98 Å². The van der Waals surface area contributed by atoms with Gasteiger partial charge in [-0.15, -0.1) is 0 Å². The Morgan fingerprint density at radius 2 is 1.48 bits per heavy atom. The first-order valence-electron chi connectivity index (χ1n) is 7.66. The van der Waals surface area contributed by atoms with E-state index in [9.17, 15) is 14.4 Å². The van der Waals surface area contributed by atoms with Crippen LogP contribution in [-0.4, -0.2) is 16.6 Å². The van der Waals surface area contributed by atoms with Crippen LogP contribution in [0.2, 0.25) is 0 Å². The predicted octanol–water partition coefficient (Wildman–Crippen LogP) is 2.65. The lowest BCUT2D eigenvalue weighted by Gasteiger charge is -2.38. The van der Waals surface area contributed by atoms with Gasteiger partial charge in [0, 0.05) is 23.5 Å². The average molecular weight is 283 g/mol. The van der Waals surface area contributed by atoms with Gasteiger partial charge in [0.05, 0.1) is 5.69 Å². The predicted molar refractivity (Wildman–Crippen MR) is 77.4 cm³/mol. The molecule has 0 spiro atoms. The number of Topliss-reactive ketones (excluding diaryl/α,β-unsaturated/α-hetero) is 2. The molecule has 0 unspecified atom stereocenters. The van der Waals surface area contributed by atoms with E-state index in [4.69, 9.17) is 0 Å². The molecule has 1 aromatic rings. The maximum Gasteiger partial charge on any atom is 0.248 e. The molecule has 1 aromatic heterocycles. The molecule has 21 heavy (non-hydrogen) atoms. The van der Waals surface area contributed by atoms with Crippen molar-refractivity contribution in [2.45, 2.75) is 38.5 Å². The molecule has 0 radical (unpaired) electrons. The number of pyridine rings is 1. The highest BCUT2D eigenvalue weighted by Gasteiger charge is 2.45. The highest BCUT2D eigenvalue weighted by molar-refractivity contribution is 6.15. The molecule has 0 bridgehead atoms. The number of H-pyrrole nitrogens is 1. The number of carbonyl (C=O) groups excluding carboxylic acids is 2. The molecular weight excluding hydrogens is 266 g/mol. The Morgan fingerprint density at radius 1 is 0.857 bits per heavy atom. The maximum atomic E-state index is 12.7. The summed E-state index contributed by atoms with van der Waals surface area (Å²) in [4.78, 5) is 39.4. The van der Waals surface area contributed by atoms with E-state index in [1.165, 1.54) is 36.1 Å². The van der Waals surface area contributed by atoms with E-state index < -0.39 is 0 Å². The zero-order chi connectivity index (χ0) is 14.6. The number of fused-ring (bicyclic) bond motifs is 2. The van der Waals surface area contributed by atoms with Gasteiger partial charge in [0.15, 0.2) is 11.6 Å². The van der Waals surface area contributed by atoms with Crippen molar-refractivity contribution >= 4 is 11.6 Å². The average Bonchev–Trinajstić information content (AvgIpc) is 2.51. The monoisotopic (exact) mass is 283 g/mol. The summed E-state index contributed by atoms with van der Waals surface area (Å²) >= 11 is 0. The van der Waals surface area contributed by atoms with Gasteiger partial charge in [-0.2, -0.15) is 0 Å². The molecular formula is C17H17NO3. The number of allylic oxidation sites excluding steroid dienone is 2. The molecule has 4 nitrogen and oxygen atoms in total. The lowest BCUT2D eigenvalue weighted by molar-refractivity contribution is 0.0712. The van der Waals surface area contributed by atoms with Gasteiger partial charge in [0.2, 0.25) is 5.56 Å². The van der Waals surface area contributed by atoms with Crippen LogP contribution >= 0.6 is 0 Å². The van der Waals surface area contributed by atoms with Crippen LogP contribution < -0.4 is 5.56 Å². The van der Waals surface area contributed by atoms with Gasteiger partial charge >= 0.3 is 0 Å². The second-order valence-electron chi connectivity index (χ2n) is 6.38. The fourth-order valence-corrected chi connectivity index (χ4v) is 4.15. The summed E-state index contributed by atoms with van der Waals surface area (Å²) in [7, 11) is 0. The van der Waals surface area contributed by atoms with Gasteiger partial charge in [0.1, 0.15) is 0 Å². The molecule has 3 aliphatic rings. The number of ketones is 2. The fraction of sp³-hybridized carbons (Fsp3) is 0.471. The Bertz CT molecular complexity index is 741. The SMILES string of the molecule is O=C1c2ccc(=O)[nH]c2C(=O)[C@@H]2CC3=C(CCCC3)C[C@@H]12.